The topological polar surface area (TPSA) is 63.1 Å². The van der Waals surface area contributed by atoms with Gasteiger partial charge in [-0.3, -0.25) is 9.78 Å². The second-order valence-corrected chi connectivity index (χ2v) is 1.60. The Balaban J connectivity index is 3.12. The molecular formula is C5H5NO3. The number of Topliss-reactive ketones (excluding diaryl/α,β-unsaturated/α-hetero) is 1. The van der Waals surface area contributed by atoms with Crippen LogP contribution < -0.4 is 5.76 Å². The Bertz CT molecular complexity index is 270. The Labute approximate surface area is 50.5 Å². The third kappa shape index (κ3) is 1.07. The summed E-state index contributed by atoms with van der Waals surface area (Å²) in [5, 5.41) is 0. The number of carbonyl (C=O) groups is 1. The first-order valence-electron chi connectivity index (χ1n) is 2.39. The molecule has 0 radical (unpaired) electrons. The highest BCUT2D eigenvalue weighted by Crippen LogP contribution is 1.91. The first kappa shape index (κ1) is 5.81. The number of aromatic nitrogens is 1. The standard InChI is InChI=1S/C5H5NO3/c1-3(7)4-2-6-5(8)9-4/h2H,1H3,(H,6,8). The van der Waals surface area contributed by atoms with E-state index < -0.39 is 5.76 Å². The van der Waals surface area contributed by atoms with Crippen LogP contribution in [0.2, 0.25) is 0 Å². The SMILES string of the molecule is CC(=O)c1c[nH]c(=O)o1. The van der Waals surface area contributed by atoms with Crippen LogP contribution in [0.1, 0.15) is 17.5 Å². The Morgan fingerprint density at radius 2 is 2.44 bits per heavy atom. The van der Waals surface area contributed by atoms with Gasteiger partial charge in [-0.15, -0.1) is 0 Å². The molecule has 0 aliphatic heterocycles. The molecule has 0 atom stereocenters. The van der Waals surface area contributed by atoms with Crippen molar-refractivity contribution in [2.75, 3.05) is 0 Å². The highest BCUT2D eigenvalue weighted by Gasteiger charge is 2.01. The third-order valence-corrected chi connectivity index (χ3v) is 0.871. The van der Waals surface area contributed by atoms with Crippen molar-refractivity contribution in [1.82, 2.24) is 4.98 Å². The molecule has 0 saturated carbocycles. The predicted octanol–water partition coefficient (Wildman–Crippen LogP) is 0.171. The number of ketones is 1. The third-order valence-electron chi connectivity index (χ3n) is 0.871. The van der Waals surface area contributed by atoms with Crippen LogP contribution in [0.3, 0.4) is 0 Å². The summed E-state index contributed by atoms with van der Waals surface area (Å²) in [6.45, 7) is 1.33. The van der Waals surface area contributed by atoms with Gasteiger partial charge in [0.15, 0.2) is 11.5 Å². The van der Waals surface area contributed by atoms with Gasteiger partial charge in [-0.2, -0.15) is 0 Å². The lowest BCUT2D eigenvalue weighted by molar-refractivity contribution is 0.0985. The molecule has 9 heavy (non-hydrogen) atoms. The summed E-state index contributed by atoms with van der Waals surface area (Å²) in [5.74, 6) is -0.784. The first-order valence-corrected chi connectivity index (χ1v) is 2.39. The molecule has 0 saturated heterocycles. The molecule has 1 aromatic rings. The minimum atomic E-state index is -0.597. The number of rotatable bonds is 1. The summed E-state index contributed by atoms with van der Waals surface area (Å²) in [4.78, 5) is 22.8. The monoisotopic (exact) mass is 127 g/mol. The van der Waals surface area contributed by atoms with Crippen LogP contribution in [-0.4, -0.2) is 10.8 Å². The van der Waals surface area contributed by atoms with Crippen molar-refractivity contribution >= 4 is 5.78 Å². The Kier molecular flexibility index (Phi) is 1.22. The summed E-state index contributed by atoms with van der Waals surface area (Å²) in [5.41, 5.74) is 0. The Morgan fingerprint density at radius 3 is 2.67 bits per heavy atom. The van der Waals surface area contributed by atoms with Crippen LogP contribution in [-0.2, 0) is 0 Å². The summed E-state index contributed by atoms with van der Waals surface area (Å²) in [6.07, 6.45) is 1.24. The zero-order valence-corrected chi connectivity index (χ0v) is 4.80. The van der Waals surface area contributed by atoms with Crippen molar-refractivity contribution in [3.63, 3.8) is 0 Å². The lowest BCUT2D eigenvalue weighted by Gasteiger charge is -1.77. The smallest absolute Gasteiger partial charge is 0.405 e. The van der Waals surface area contributed by atoms with Crippen molar-refractivity contribution in [3.05, 3.63) is 22.5 Å². The summed E-state index contributed by atoms with van der Waals surface area (Å²) in [6, 6.07) is 0. The molecule has 0 bridgehead atoms. The van der Waals surface area contributed by atoms with Crippen molar-refractivity contribution in [3.8, 4) is 0 Å². The van der Waals surface area contributed by atoms with Gasteiger partial charge in [0.05, 0.1) is 6.20 Å². The first-order chi connectivity index (χ1) is 4.20. The second kappa shape index (κ2) is 1.89. The molecule has 0 unspecified atom stereocenters. The van der Waals surface area contributed by atoms with Crippen LogP contribution in [0.15, 0.2) is 15.4 Å². The molecule has 0 spiro atoms. The maximum absolute atomic E-state index is 10.4. The van der Waals surface area contributed by atoms with E-state index in [1.54, 1.807) is 0 Å². The van der Waals surface area contributed by atoms with Crippen LogP contribution in [0, 0.1) is 0 Å². The molecule has 4 nitrogen and oxygen atoms in total. The molecule has 4 heteroatoms. The molecule has 1 N–H and O–H groups in total. The lowest BCUT2D eigenvalue weighted by atomic mass is 10.4. The number of hydrogen-bond acceptors (Lipinski definition) is 3. The van der Waals surface area contributed by atoms with E-state index >= 15 is 0 Å². The van der Waals surface area contributed by atoms with Crippen molar-refractivity contribution in [1.29, 1.82) is 0 Å². The molecule has 0 amide bonds. The van der Waals surface area contributed by atoms with E-state index in [0.717, 1.165) is 0 Å². The van der Waals surface area contributed by atoms with Gasteiger partial charge in [0.2, 0.25) is 0 Å². The second-order valence-electron chi connectivity index (χ2n) is 1.60. The zero-order chi connectivity index (χ0) is 6.85. The molecule has 0 aliphatic carbocycles. The van der Waals surface area contributed by atoms with Crippen molar-refractivity contribution in [2.45, 2.75) is 6.92 Å². The van der Waals surface area contributed by atoms with E-state index in [1.165, 1.54) is 13.1 Å². The number of nitrogens with one attached hydrogen (secondary N) is 1. The molecule has 0 fully saturated rings. The highest BCUT2D eigenvalue weighted by atomic mass is 16.4. The average Bonchev–Trinajstić information content (AvgIpc) is 2.14. The molecule has 1 aromatic heterocycles. The van der Waals surface area contributed by atoms with Gasteiger partial charge in [0, 0.05) is 6.92 Å². The van der Waals surface area contributed by atoms with E-state index in [4.69, 9.17) is 0 Å². The fourth-order valence-electron chi connectivity index (χ4n) is 0.457. The molecular weight excluding hydrogens is 122 g/mol. The summed E-state index contributed by atoms with van der Waals surface area (Å²) < 4.78 is 4.38. The van der Waals surface area contributed by atoms with E-state index in [-0.39, 0.29) is 11.5 Å². The molecule has 1 rings (SSSR count). The molecule has 0 aromatic carbocycles. The van der Waals surface area contributed by atoms with E-state index in [2.05, 4.69) is 9.40 Å². The van der Waals surface area contributed by atoms with Gasteiger partial charge in [-0.25, -0.2) is 4.79 Å². The van der Waals surface area contributed by atoms with Gasteiger partial charge in [-0.05, 0) is 0 Å². The maximum atomic E-state index is 10.4. The van der Waals surface area contributed by atoms with Crippen LogP contribution >= 0.6 is 0 Å². The Morgan fingerprint density at radius 1 is 1.78 bits per heavy atom. The number of carbonyl (C=O) groups excluding carboxylic acids is 1. The number of hydrogen-bond donors (Lipinski definition) is 1. The maximum Gasteiger partial charge on any atom is 0.416 e. The minimum absolute atomic E-state index is 0.0694. The van der Waals surface area contributed by atoms with Gasteiger partial charge in [0.1, 0.15) is 0 Å². The van der Waals surface area contributed by atoms with E-state index in [0.29, 0.717) is 0 Å². The van der Waals surface area contributed by atoms with Gasteiger partial charge >= 0.3 is 5.76 Å². The molecule has 1 heterocycles. The van der Waals surface area contributed by atoms with E-state index in [9.17, 15) is 9.59 Å². The van der Waals surface area contributed by atoms with Crippen LogP contribution in [0.4, 0.5) is 0 Å². The fourth-order valence-corrected chi connectivity index (χ4v) is 0.457. The van der Waals surface area contributed by atoms with Gasteiger partial charge in [-0.1, -0.05) is 0 Å². The van der Waals surface area contributed by atoms with Gasteiger partial charge < -0.3 is 4.42 Å². The quantitative estimate of drug-likeness (QED) is 0.547. The zero-order valence-electron chi connectivity index (χ0n) is 4.80. The Hall–Kier alpha value is -1.32. The fraction of sp³-hybridized carbons (Fsp3) is 0.200. The predicted molar refractivity (Wildman–Crippen MR) is 29.3 cm³/mol. The highest BCUT2D eigenvalue weighted by molar-refractivity contribution is 5.90. The van der Waals surface area contributed by atoms with E-state index in [1.807, 2.05) is 0 Å². The summed E-state index contributed by atoms with van der Waals surface area (Å²) in [7, 11) is 0. The molecule has 0 aliphatic rings. The summed E-state index contributed by atoms with van der Waals surface area (Å²) >= 11 is 0. The number of aromatic amines is 1. The van der Waals surface area contributed by atoms with Gasteiger partial charge in [0.25, 0.3) is 0 Å². The van der Waals surface area contributed by atoms with Crippen LogP contribution in [0.25, 0.3) is 0 Å². The average molecular weight is 127 g/mol. The largest absolute Gasteiger partial charge is 0.416 e. The van der Waals surface area contributed by atoms with Crippen LogP contribution in [0.5, 0.6) is 0 Å². The number of oxazole rings is 1. The molecule has 48 valence electrons. The minimum Gasteiger partial charge on any atom is -0.405 e. The van der Waals surface area contributed by atoms with Crippen molar-refractivity contribution < 1.29 is 9.21 Å². The number of H-pyrrole nitrogens is 1. The van der Waals surface area contributed by atoms with Crippen molar-refractivity contribution in [2.24, 2.45) is 0 Å². The normalized spacial score (nSPS) is 9.44. The lowest BCUT2D eigenvalue weighted by Crippen LogP contribution is -1.94.